The molecule has 1 unspecified atom stereocenters. The van der Waals surface area contributed by atoms with Crippen molar-refractivity contribution in [2.24, 2.45) is 5.41 Å². The van der Waals surface area contributed by atoms with Gasteiger partial charge in [-0.05, 0) is 61.6 Å². The number of ether oxygens (including phenoxy) is 2. The normalized spacial score (nSPS) is 16.5. The maximum absolute atomic E-state index is 13.2. The number of para-hydroxylation sites is 1. The minimum atomic E-state index is -3.79. The molecule has 2 heterocycles. The van der Waals surface area contributed by atoms with Crippen LogP contribution >= 0.6 is 0 Å². The van der Waals surface area contributed by atoms with Crippen LogP contribution in [0.1, 0.15) is 31.0 Å². The number of hydrogen-bond donors (Lipinski definition) is 1. The third kappa shape index (κ3) is 5.63. The number of fused-ring (bicyclic) bond motifs is 1. The van der Waals surface area contributed by atoms with Gasteiger partial charge in [-0.1, -0.05) is 25.1 Å². The largest absolute Gasteiger partial charge is 0.489 e. The minimum absolute atomic E-state index is 0.106. The molecule has 8 nitrogen and oxygen atoms in total. The van der Waals surface area contributed by atoms with Crippen LogP contribution in [-0.4, -0.2) is 55.1 Å². The fourth-order valence-electron chi connectivity index (χ4n) is 4.56. The van der Waals surface area contributed by atoms with Gasteiger partial charge in [0.15, 0.2) is 9.84 Å². The van der Waals surface area contributed by atoms with Crippen molar-refractivity contribution in [1.29, 1.82) is 0 Å². The van der Waals surface area contributed by atoms with Crippen molar-refractivity contribution in [2.45, 2.75) is 44.2 Å². The van der Waals surface area contributed by atoms with E-state index in [-0.39, 0.29) is 17.1 Å². The number of carbonyl (C=O) groups excluding carboxylic acids is 1. The highest BCUT2D eigenvalue weighted by Crippen LogP contribution is 2.37. The lowest BCUT2D eigenvalue weighted by Gasteiger charge is -2.42. The molecule has 2 aromatic carbocycles. The minimum Gasteiger partial charge on any atom is -0.489 e. The zero-order valence-electron chi connectivity index (χ0n) is 19.9. The average Bonchev–Trinajstić information content (AvgIpc) is 2.86. The van der Waals surface area contributed by atoms with E-state index in [1.165, 1.54) is 12.1 Å². The number of pyridine rings is 1. The number of hydroxylamine groups is 2. The van der Waals surface area contributed by atoms with Crippen molar-refractivity contribution >= 4 is 27.2 Å². The average molecular weight is 499 g/mol. The second-order valence-electron chi connectivity index (χ2n) is 9.25. The van der Waals surface area contributed by atoms with Crippen molar-refractivity contribution in [2.75, 3.05) is 19.0 Å². The van der Waals surface area contributed by atoms with Crippen LogP contribution in [0.2, 0.25) is 0 Å². The molecule has 1 saturated heterocycles. The predicted octanol–water partition coefficient (Wildman–Crippen LogP) is 3.93. The van der Waals surface area contributed by atoms with Crippen LogP contribution in [0, 0.1) is 12.3 Å². The Bertz CT molecular complexity index is 1290. The molecule has 35 heavy (non-hydrogen) atoms. The summed E-state index contributed by atoms with van der Waals surface area (Å²) in [5, 5.41) is 11.7. The Morgan fingerprint density at radius 2 is 1.86 bits per heavy atom. The van der Waals surface area contributed by atoms with Crippen LogP contribution < -0.4 is 4.74 Å². The summed E-state index contributed by atoms with van der Waals surface area (Å²) in [6, 6.07) is 15.2. The highest BCUT2D eigenvalue weighted by Gasteiger charge is 2.42. The van der Waals surface area contributed by atoms with E-state index in [4.69, 9.17) is 9.47 Å². The summed E-state index contributed by atoms with van der Waals surface area (Å²) in [5.41, 5.74) is 2.21. The molecule has 3 aromatic rings. The molecular weight excluding hydrogens is 468 g/mol. The molecule has 1 atom stereocenters. The third-order valence-corrected chi connectivity index (χ3v) is 8.50. The fraction of sp³-hybridized carbons (Fsp3) is 0.385. The second kappa shape index (κ2) is 10.3. The number of aryl methyl sites for hydroxylation is 1. The monoisotopic (exact) mass is 498 g/mol. The SMILES string of the molecule is Cc1cc(COc2ccc(S(=O)(=O)CC(N(O)C=O)C3(C)CCOCC3)cc2)c2ccccc2n1. The lowest BCUT2D eigenvalue weighted by molar-refractivity contribution is -0.175. The van der Waals surface area contributed by atoms with E-state index in [0.717, 1.165) is 22.2 Å². The predicted molar refractivity (Wildman–Crippen MR) is 131 cm³/mol. The van der Waals surface area contributed by atoms with Crippen LogP contribution in [0.5, 0.6) is 5.75 Å². The van der Waals surface area contributed by atoms with Gasteiger partial charge in [0.25, 0.3) is 0 Å². The van der Waals surface area contributed by atoms with Gasteiger partial charge in [0.05, 0.1) is 22.2 Å². The molecule has 1 fully saturated rings. The van der Waals surface area contributed by atoms with Crippen LogP contribution in [0.15, 0.2) is 59.5 Å². The van der Waals surface area contributed by atoms with Gasteiger partial charge in [0.1, 0.15) is 12.4 Å². The van der Waals surface area contributed by atoms with Gasteiger partial charge in [-0.2, -0.15) is 0 Å². The smallest absolute Gasteiger partial charge is 0.233 e. The van der Waals surface area contributed by atoms with Crippen molar-refractivity contribution in [1.82, 2.24) is 10.0 Å². The number of nitrogens with zero attached hydrogens (tertiary/aromatic N) is 2. The Balaban J connectivity index is 1.49. The molecule has 1 aromatic heterocycles. The first-order valence-electron chi connectivity index (χ1n) is 11.5. The molecule has 1 aliphatic rings. The Kier molecular flexibility index (Phi) is 7.39. The highest BCUT2D eigenvalue weighted by atomic mass is 32.2. The van der Waals surface area contributed by atoms with Crippen LogP contribution in [0.3, 0.4) is 0 Å². The number of rotatable bonds is 9. The van der Waals surface area contributed by atoms with E-state index >= 15 is 0 Å². The zero-order chi connectivity index (χ0) is 25.1. The van der Waals surface area contributed by atoms with Crippen LogP contribution in [0.25, 0.3) is 10.9 Å². The standard InChI is InChI=1S/C26H30N2O6S/c1-19-15-20(23-5-3-4-6-24(23)27-19)16-34-21-7-9-22(10-8-21)35(31,32)17-25(28(30)18-29)26(2)11-13-33-14-12-26/h3-10,15,18,25,30H,11-14,16-17H2,1-2H3. The summed E-state index contributed by atoms with van der Waals surface area (Å²) >= 11 is 0. The number of carbonyl (C=O) groups is 1. The van der Waals surface area contributed by atoms with Crippen LogP contribution in [0.4, 0.5) is 0 Å². The quantitative estimate of drug-likeness (QED) is 0.271. The van der Waals surface area contributed by atoms with E-state index in [2.05, 4.69) is 4.98 Å². The number of aromatic nitrogens is 1. The maximum Gasteiger partial charge on any atom is 0.233 e. The summed E-state index contributed by atoms with van der Waals surface area (Å²) in [4.78, 5) is 16.0. The van der Waals surface area contributed by atoms with E-state index < -0.39 is 21.3 Å². The Labute approximate surface area is 205 Å². The summed E-state index contributed by atoms with van der Waals surface area (Å²) in [7, 11) is -3.79. The van der Waals surface area contributed by atoms with Gasteiger partial charge in [-0.25, -0.2) is 13.5 Å². The molecular formula is C26H30N2O6S. The number of hydrogen-bond acceptors (Lipinski definition) is 7. The zero-order valence-corrected chi connectivity index (χ0v) is 20.7. The highest BCUT2D eigenvalue weighted by molar-refractivity contribution is 7.91. The number of amides is 1. The van der Waals surface area contributed by atoms with Crippen molar-refractivity contribution in [3.63, 3.8) is 0 Å². The summed E-state index contributed by atoms with van der Waals surface area (Å²) in [6.45, 7) is 5.04. The molecule has 1 amide bonds. The van der Waals surface area contributed by atoms with E-state index in [1.54, 1.807) is 12.1 Å². The van der Waals surface area contributed by atoms with Gasteiger partial charge in [0.2, 0.25) is 6.41 Å². The third-order valence-electron chi connectivity index (χ3n) is 6.75. The van der Waals surface area contributed by atoms with Gasteiger partial charge < -0.3 is 9.47 Å². The number of sulfone groups is 1. The molecule has 0 bridgehead atoms. The maximum atomic E-state index is 13.2. The molecule has 4 rings (SSSR count). The second-order valence-corrected chi connectivity index (χ2v) is 11.3. The Morgan fingerprint density at radius 3 is 2.54 bits per heavy atom. The van der Waals surface area contributed by atoms with Crippen LogP contribution in [-0.2, 0) is 26.0 Å². The molecule has 1 aliphatic heterocycles. The molecule has 0 spiro atoms. The molecule has 1 N–H and O–H groups in total. The van der Waals surface area contributed by atoms with Gasteiger partial charge in [-0.15, -0.1) is 0 Å². The molecule has 0 saturated carbocycles. The Hall–Kier alpha value is -3.01. The molecule has 0 aliphatic carbocycles. The molecule has 9 heteroatoms. The van der Waals surface area contributed by atoms with E-state index in [0.29, 0.717) is 43.5 Å². The van der Waals surface area contributed by atoms with E-state index in [9.17, 15) is 18.4 Å². The summed E-state index contributed by atoms with van der Waals surface area (Å²) < 4.78 is 37.7. The van der Waals surface area contributed by atoms with E-state index in [1.807, 2.05) is 44.2 Å². The molecule has 186 valence electrons. The summed E-state index contributed by atoms with van der Waals surface area (Å²) in [5.74, 6) is 0.147. The first-order chi connectivity index (χ1) is 16.7. The topological polar surface area (TPSA) is 106 Å². The number of benzene rings is 2. The Morgan fingerprint density at radius 1 is 1.17 bits per heavy atom. The fourth-order valence-corrected chi connectivity index (χ4v) is 6.28. The van der Waals surface area contributed by atoms with Gasteiger partial charge in [0, 0.05) is 29.9 Å². The van der Waals surface area contributed by atoms with Crippen molar-refractivity contribution < 1.29 is 27.9 Å². The van der Waals surface area contributed by atoms with Gasteiger partial charge in [-0.3, -0.25) is 15.0 Å². The van der Waals surface area contributed by atoms with Crippen molar-refractivity contribution in [3.05, 3.63) is 65.9 Å². The first-order valence-corrected chi connectivity index (χ1v) is 13.2. The lowest BCUT2D eigenvalue weighted by atomic mass is 9.76. The van der Waals surface area contributed by atoms with Crippen molar-refractivity contribution in [3.8, 4) is 5.75 Å². The summed E-state index contributed by atoms with van der Waals surface area (Å²) in [6.07, 6.45) is 1.37. The molecule has 0 radical (unpaired) electrons. The van der Waals surface area contributed by atoms with Gasteiger partial charge >= 0.3 is 0 Å². The first kappa shape index (κ1) is 25.1. The lowest BCUT2D eigenvalue weighted by Crippen LogP contribution is -2.50.